The highest BCUT2D eigenvalue weighted by Crippen LogP contribution is 2.28. The number of para-hydroxylation sites is 1. The van der Waals surface area contributed by atoms with Crippen molar-refractivity contribution in [2.24, 2.45) is 0 Å². The number of nitrogens with zero attached hydrogens (tertiary/aromatic N) is 2. The van der Waals surface area contributed by atoms with Gasteiger partial charge in [-0.2, -0.15) is 0 Å². The van der Waals surface area contributed by atoms with Crippen LogP contribution in [0, 0.1) is 11.6 Å². The zero-order chi connectivity index (χ0) is 23.5. The standard InChI is InChI=1S/C23H16ClF2N3O3S/c1-32-20-9-7-14(11-16(20)24)27-21(30)12-33-23-28-18-5-3-2-4-15(18)22(31)29(23)19-8-6-13(25)10-17(19)26/h2-11H,12H2,1H3,(H,27,30). The van der Waals surface area contributed by atoms with Gasteiger partial charge in [-0.15, -0.1) is 0 Å². The molecule has 0 aliphatic heterocycles. The Labute approximate surface area is 196 Å². The molecule has 0 aliphatic carbocycles. The molecule has 0 atom stereocenters. The summed E-state index contributed by atoms with van der Waals surface area (Å²) in [6, 6.07) is 14.3. The van der Waals surface area contributed by atoms with E-state index >= 15 is 0 Å². The van der Waals surface area contributed by atoms with Crippen LogP contribution >= 0.6 is 23.4 Å². The number of thioether (sulfide) groups is 1. The van der Waals surface area contributed by atoms with E-state index in [4.69, 9.17) is 16.3 Å². The Morgan fingerprint density at radius 2 is 1.94 bits per heavy atom. The van der Waals surface area contributed by atoms with Crippen molar-refractivity contribution in [3.63, 3.8) is 0 Å². The number of hydrogen-bond acceptors (Lipinski definition) is 5. The van der Waals surface area contributed by atoms with E-state index in [1.54, 1.807) is 42.5 Å². The zero-order valence-corrected chi connectivity index (χ0v) is 18.7. The van der Waals surface area contributed by atoms with E-state index in [9.17, 15) is 18.4 Å². The van der Waals surface area contributed by atoms with Gasteiger partial charge >= 0.3 is 0 Å². The summed E-state index contributed by atoms with van der Waals surface area (Å²) in [5, 5.41) is 3.39. The number of anilines is 1. The number of amides is 1. The Kier molecular flexibility index (Phi) is 6.62. The van der Waals surface area contributed by atoms with Crippen LogP contribution in [0.1, 0.15) is 0 Å². The maximum absolute atomic E-state index is 14.5. The van der Waals surface area contributed by atoms with Gasteiger partial charge in [0.1, 0.15) is 17.4 Å². The fraction of sp³-hybridized carbons (Fsp3) is 0.0870. The summed E-state index contributed by atoms with van der Waals surface area (Å²) in [5.41, 5.74) is 0.159. The third-order valence-corrected chi connectivity index (χ3v) is 5.90. The Hall–Kier alpha value is -3.43. The monoisotopic (exact) mass is 487 g/mol. The summed E-state index contributed by atoms with van der Waals surface area (Å²) >= 11 is 7.03. The van der Waals surface area contributed by atoms with Gasteiger partial charge in [-0.1, -0.05) is 35.5 Å². The predicted molar refractivity (Wildman–Crippen MR) is 125 cm³/mol. The van der Waals surface area contributed by atoms with Crippen LogP contribution in [-0.4, -0.2) is 28.3 Å². The first-order valence-electron chi connectivity index (χ1n) is 9.61. The quantitative estimate of drug-likeness (QED) is 0.304. The van der Waals surface area contributed by atoms with E-state index in [0.29, 0.717) is 28.0 Å². The van der Waals surface area contributed by atoms with Crippen LogP contribution in [0.15, 0.2) is 70.6 Å². The number of aromatic nitrogens is 2. The van der Waals surface area contributed by atoms with E-state index in [-0.39, 0.29) is 22.0 Å². The van der Waals surface area contributed by atoms with E-state index in [0.717, 1.165) is 28.5 Å². The molecular weight excluding hydrogens is 472 g/mol. The van der Waals surface area contributed by atoms with Gasteiger partial charge < -0.3 is 10.1 Å². The van der Waals surface area contributed by atoms with Crippen molar-refractivity contribution in [1.29, 1.82) is 0 Å². The van der Waals surface area contributed by atoms with Gasteiger partial charge in [-0.3, -0.25) is 14.2 Å². The lowest BCUT2D eigenvalue weighted by Crippen LogP contribution is -2.23. The number of rotatable bonds is 6. The molecule has 3 aromatic carbocycles. The second-order valence-corrected chi connectivity index (χ2v) is 8.18. The van der Waals surface area contributed by atoms with Gasteiger partial charge in [0, 0.05) is 11.8 Å². The lowest BCUT2D eigenvalue weighted by atomic mass is 10.2. The minimum absolute atomic E-state index is 0.0899. The number of benzene rings is 3. The predicted octanol–water partition coefficient (Wildman–Crippen LogP) is 5.06. The van der Waals surface area contributed by atoms with Gasteiger partial charge in [-0.25, -0.2) is 13.8 Å². The smallest absolute Gasteiger partial charge is 0.266 e. The Morgan fingerprint density at radius 1 is 1.15 bits per heavy atom. The first-order valence-corrected chi connectivity index (χ1v) is 11.0. The van der Waals surface area contributed by atoms with Crippen LogP contribution in [0.4, 0.5) is 14.5 Å². The highest BCUT2D eigenvalue weighted by molar-refractivity contribution is 7.99. The summed E-state index contributed by atoms with van der Waals surface area (Å²) in [4.78, 5) is 30.1. The fourth-order valence-corrected chi connectivity index (χ4v) is 4.22. The lowest BCUT2D eigenvalue weighted by molar-refractivity contribution is -0.113. The van der Waals surface area contributed by atoms with Crippen molar-refractivity contribution in [2.45, 2.75) is 5.16 Å². The molecule has 0 unspecified atom stereocenters. The number of halogens is 3. The Morgan fingerprint density at radius 3 is 2.67 bits per heavy atom. The summed E-state index contributed by atoms with van der Waals surface area (Å²) in [7, 11) is 1.48. The molecule has 0 radical (unpaired) electrons. The summed E-state index contributed by atoms with van der Waals surface area (Å²) in [6.45, 7) is 0. The van der Waals surface area contributed by atoms with Gasteiger partial charge in [0.25, 0.3) is 5.56 Å². The normalized spacial score (nSPS) is 10.9. The molecular formula is C23H16ClF2N3O3S. The van der Waals surface area contributed by atoms with E-state index in [1.165, 1.54) is 7.11 Å². The van der Waals surface area contributed by atoms with Crippen molar-refractivity contribution >= 4 is 45.9 Å². The molecule has 168 valence electrons. The molecule has 0 aliphatic rings. The number of methoxy groups -OCH3 is 1. The number of nitrogens with one attached hydrogen (secondary N) is 1. The van der Waals surface area contributed by atoms with Crippen LogP contribution in [-0.2, 0) is 4.79 Å². The van der Waals surface area contributed by atoms with Crippen molar-refractivity contribution in [3.8, 4) is 11.4 Å². The second-order valence-electron chi connectivity index (χ2n) is 6.83. The number of fused-ring (bicyclic) bond motifs is 1. The SMILES string of the molecule is COc1ccc(NC(=O)CSc2nc3ccccc3c(=O)n2-c2ccc(F)cc2F)cc1Cl. The minimum atomic E-state index is -0.923. The number of carbonyl (C=O) groups excluding carboxylic acids is 1. The molecule has 10 heteroatoms. The average Bonchev–Trinajstić information content (AvgIpc) is 2.79. The van der Waals surface area contributed by atoms with Crippen LogP contribution in [0.3, 0.4) is 0 Å². The number of carbonyl (C=O) groups is 1. The van der Waals surface area contributed by atoms with Crippen LogP contribution in [0.5, 0.6) is 5.75 Å². The fourth-order valence-electron chi connectivity index (χ4n) is 3.16. The zero-order valence-electron chi connectivity index (χ0n) is 17.1. The highest BCUT2D eigenvalue weighted by Gasteiger charge is 2.18. The molecule has 4 aromatic rings. The van der Waals surface area contributed by atoms with Crippen molar-refractivity contribution in [3.05, 3.63) is 87.7 Å². The molecule has 0 fully saturated rings. The van der Waals surface area contributed by atoms with E-state index < -0.39 is 23.1 Å². The van der Waals surface area contributed by atoms with Gasteiger partial charge in [0.2, 0.25) is 5.91 Å². The molecule has 4 rings (SSSR count). The summed E-state index contributed by atoms with van der Waals surface area (Å²) in [6.07, 6.45) is 0. The molecule has 1 aromatic heterocycles. The minimum Gasteiger partial charge on any atom is -0.495 e. The molecule has 0 saturated heterocycles. The highest BCUT2D eigenvalue weighted by atomic mass is 35.5. The maximum atomic E-state index is 14.5. The van der Waals surface area contributed by atoms with Crippen LogP contribution in [0.2, 0.25) is 5.02 Å². The third kappa shape index (κ3) is 4.84. The number of ether oxygens (including phenoxy) is 1. The molecule has 1 amide bonds. The van der Waals surface area contributed by atoms with Crippen molar-refractivity contribution in [1.82, 2.24) is 9.55 Å². The number of hydrogen-bond donors (Lipinski definition) is 1. The molecule has 0 saturated carbocycles. The second kappa shape index (κ2) is 9.60. The molecule has 0 spiro atoms. The summed E-state index contributed by atoms with van der Waals surface area (Å²) < 4.78 is 34.1. The molecule has 6 nitrogen and oxygen atoms in total. The molecule has 1 heterocycles. The first-order chi connectivity index (χ1) is 15.9. The average molecular weight is 488 g/mol. The largest absolute Gasteiger partial charge is 0.495 e. The van der Waals surface area contributed by atoms with Crippen LogP contribution in [0.25, 0.3) is 16.6 Å². The third-order valence-electron chi connectivity index (χ3n) is 4.66. The maximum Gasteiger partial charge on any atom is 0.266 e. The Balaban J connectivity index is 1.66. The van der Waals surface area contributed by atoms with Gasteiger partial charge in [0.05, 0.1) is 34.5 Å². The molecule has 33 heavy (non-hydrogen) atoms. The Bertz CT molecular complexity index is 1430. The van der Waals surface area contributed by atoms with Crippen molar-refractivity contribution < 1.29 is 18.3 Å². The van der Waals surface area contributed by atoms with Crippen molar-refractivity contribution in [2.75, 3.05) is 18.2 Å². The first kappa shape index (κ1) is 22.8. The van der Waals surface area contributed by atoms with Crippen LogP contribution < -0.4 is 15.6 Å². The van der Waals surface area contributed by atoms with E-state index in [2.05, 4.69) is 10.3 Å². The molecule has 0 bridgehead atoms. The lowest BCUT2D eigenvalue weighted by Gasteiger charge is -2.14. The molecule has 1 N–H and O–H groups in total. The topological polar surface area (TPSA) is 73.2 Å². The summed E-state index contributed by atoms with van der Waals surface area (Å²) in [5.74, 6) is -1.75. The van der Waals surface area contributed by atoms with Gasteiger partial charge in [-0.05, 0) is 42.5 Å². The van der Waals surface area contributed by atoms with E-state index in [1.807, 2.05) is 0 Å². The van der Waals surface area contributed by atoms with Gasteiger partial charge in [0.15, 0.2) is 5.16 Å².